The van der Waals surface area contributed by atoms with Crippen molar-refractivity contribution in [1.82, 2.24) is 0 Å². The molecule has 0 N–H and O–H groups in total. The molecule has 1 aliphatic rings. The Morgan fingerprint density at radius 2 is 1.45 bits per heavy atom. The summed E-state index contributed by atoms with van der Waals surface area (Å²) < 4.78 is 24.8. The highest BCUT2D eigenvalue weighted by atomic mass is 16.7. The zero-order chi connectivity index (χ0) is 16.9. The molecule has 0 saturated carbocycles. The number of hydrogen-bond acceptors (Lipinski definition) is 9. The van der Waals surface area contributed by atoms with E-state index in [2.05, 4.69) is 4.74 Å². The predicted molar refractivity (Wildman–Crippen MR) is 68.2 cm³/mol. The highest BCUT2D eigenvalue weighted by molar-refractivity contribution is 5.77. The average Bonchev–Trinajstić information content (AvgIpc) is 2.38. The van der Waals surface area contributed by atoms with Gasteiger partial charge in [0, 0.05) is 20.8 Å². The molecule has 0 aliphatic carbocycles. The lowest BCUT2D eigenvalue weighted by Crippen LogP contribution is -2.55. The van der Waals surface area contributed by atoms with Crippen LogP contribution in [0.15, 0.2) is 0 Å². The standard InChI is InChI=1S/C13H18O9/c1-6(14)19-9-5-10(20-7(2)15)22-12(13(17)18-4)11(9)21-8(3)16/h9-12H,5H2,1-4H3/t9-,10-,11+,12+/m1/s1. The van der Waals surface area contributed by atoms with E-state index < -0.39 is 48.5 Å². The summed E-state index contributed by atoms with van der Waals surface area (Å²) in [5.41, 5.74) is 0. The van der Waals surface area contributed by atoms with Gasteiger partial charge >= 0.3 is 23.9 Å². The monoisotopic (exact) mass is 318 g/mol. The summed E-state index contributed by atoms with van der Waals surface area (Å²) in [4.78, 5) is 45.2. The van der Waals surface area contributed by atoms with Crippen molar-refractivity contribution in [1.29, 1.82) is 0 Å². The van der Waals surface area contributed by atoms with Crippen LogP contribution in [0.4, 0.5) is 0 Å². The van der Waals surface area contributed by atoms with Gasteiger partial charge in [0.05, 0.1) is 13.5 Å². The van der Waals surface area contributed by atoms with E-state index in [0.29, 0.717) is 0 Å². The normalized spacial score (nSPS) is 27.5. The molecule has 0 spiro atoms. The Morgan fingerprint density at radius 1 is 0.909 bits per heavy atom. The summed E-state index contributed by atoms with van der Waals surface area (Å²) >= 11 is 0. The number of carbonyl (C=O) groups is 4. The molecule has 1 aliphatic heterocycles. The van der Waals surface area contributed by atoms with Crippen molar-refractivity contribution < 1.29 is 42.9 Å². The number of carbonyl (C=O) groups excluding carboxylic acids is 4. The predicted octanol–water partition coefficient (Wildman–Crippen LogP) is -0.299. The van der Waals surface area contributed by atoms with Crippen LogP contribution >= 0.6 is 0 Å². The average molecular weight is 318 g/mol. The minimum atomic E-state index is -1.38. The molecular formula is C13H18O9. The molecular weight excluding hydrogens is 300 g/mol. The second kappa shape index (κ2) is 7.74. The van der Waals surface area contributed by atoms with Crippen molar-refractivity contribution in [3.63, 3.8) is 0 Å². The van der Waals surface area contributed by atoms with Gasteiger partial charge in [0.2, 0.25) is 6.29 Å². The summed E-state index contributed by atoms with van der Waals surface area (Å²) in [5.74, 6) is -2.82. The lowest BCUT2D eigenvalue weighted by atomic mass is 10.0. The first kappa shape index (κ1) is 17.9. The fourth-order valence-electron chi connectivity index (χ4n) is 2.04. The first-order valence-electron chi connectivity index (χ1n) is 6.49. The molecule has 0 aromatic rings. The molecule has 124 valence electrons. The lowest BCUT2D eigenvalue weighted by molar-refractivity contribution is -0.255. The maximum atomic E-state index is 11.8. The van der Waals surface area contributed by atoms with Gasteiger partial charge < -0.3 is 23.7 Å². The van der Waals surface area contributed by atoms with Crippen molar-refractivity contribution in [2.75, 3.05) is 7.11 Å². The fourth-order valence-corrected chi connectivity index (χ4v) is 2.04. The third kappa shape index (κ3) is 4.99. The Balaban J connectivity index is 3.03. The number of ether oxygens (including phenoxy) is 5. The van der Waals surface area contributed by atoms with Gasteiger partial charge in [0.15, 0.2) is 12.2 Å². The quantitative estimate of drug-likeness (QED) is 0.509. The third-order valence-corrected chi connectivity index (χ3v) is 2.74. The fraction of sp³-hybridized carbons (Fsp3) is 0.692. The van der Waals surface area contributed by atoms with Crippen LogP contribution in [0, 0.1) is 0 Å². The first-order valence-corrected chi connectivity index (χ1v) is 6.49. The Bertz CT molecular complexity index is 458. The Morgan fingerprint density at radius 3 is 1.91 bits per heavy atom. The van der Waals surface area contributed by atoms with Crippen molar-refractivity contribution in [3.8, 4) is 0 Å². The van der Waals surface area contributed by atoms with Gasteiger partial charge in [0.25, 0.3) is 0 Å². The van der Waals surface area contributed by atoms with E-state index in [9.17, 15) is 19.2 Å². The summed E-state index contributed by atoms with van der Waals surface area (Å²) in [6.45, 7) is 3.46. The van der Waals surface area contributed by atoms with Gasteiger partial charge in [-0.2, -0.15) is 0 Å². The van der Waals surface area contributed by atoms with Crippen LogP contribution in [0.25, 0.3) is 0 Å². The summed E-state index contributed by atoms with van der Waals surface area (Å²) in [6.07, 6.45) is -4.79. The SMILES string of the molecule is COC(=O)[C@H]1O[C@@H](OC(C)=O)C[C@@H](OC(C)=O)[C@@H]1OC(C)=O. The zero-order valence-electron chi connectivity index (χ0n) is 12.7. The molecule has 4 atom stereocenters. The summed E-state index contributed by atoms with van der Waals surface area (Å²) in [7, 11) is 1.12. The van der Waals surface area contributed by atoms with Crippen molar-refractivity contribution in [2.45, 2.75) is 51.8 Å². The van der Waals surface area contributed by atoms with Crippen molar-refractivity contribution in [2.24, 2.45) is 0 Å². The molecule has 0 unspecified atom stereocenters. The van der Waals surface area contributed by atoms with Crippen LogP contribution in [0.2, 0.25) is 0 Å². The van der Waals surface area contributed by atoms with E-state index in [1.807, 2.05) is 0 Å². The molecule has 1 saturated heterocycles. The van der Waals surface area contributed by atoms with Crippen molar-refractivity contribution >= 4 is 23.9 Å². The highest BCUT2D eigenvalue weighted by Crippen LogP contribution is 2.27. The molecule has 9 nitrogen and oxygen atoms in total. The highest BCUT2D eigenvalue weighted by Gasteiger charge is 2.48. The van der Waals surface area contributed by atoms with Gasteiger partial charge in [-0.25, -0.2) is 4.79 Å². The van der Waals surface area contributed by atoms with E-state index >= 15 is 0 Å². The van der Waals surface area contributed by atoms with E-state index in [1.54, 1.807) is 0 Å². The maximum Gasteiger partial charge on any atom is 0.339 e. The van der Waals surface area contributed by atoms with Gasteiger partial charge in [-0.1, -0.05) is 0 Å². The summed E-state index contributed by atoms with van der Waals surface area (Å²) in [6, 6.07) is 0. The molecule has 0 radical (unpaired) electrons. The molecule has 22 heavy (non-hydrogen) atoms. The molecule has 0 bridgehead atoms. The second-order valence-electron chi connectivity index (χ2n) is 4.58. The molecule has 0 aromatic carbocycles. The maximum absolute atomic E-state index is 11.8. The van der Waals surface area contributed by atoms with Gasteiger partial charge in [-0.15, -0.1) is 0 Å². The summed E-state index contributed by atoms with van der Waals surface area (Å²) in [5, 5.41) is 0. The van der Waals surface area contributed by atoms with E-state index in [-0.39, 0.29) is 6.42 Å². The molecule has 9 heteroatoms. The second-order valence-corrected chi connectivity index (χ2v) is 4.58. The number of esters is 4. The van der Waals surface area contributed by atoms with Crippen LogP contribution in [0.1, 0.15) is 27.2 Å². The van der Waals surface area contributed by atoms with Crippen LogP contribution < -0.4 is 0 Å². The lowest BCUT2D eigenvalue weighted by Gasteiger charge is -2.38. The number of methoxy groups -OCH3 is 1. The van der Waals surface area contributed by atoms with E-state index in [0.717, 1.165) is 27.9 Å². The van der Waals surface area contributed by atoms with Crippen LogP contribution in [0.5, 0.6) is 0 Å². The van der Waals surface area contributed by atoms with Crippen molar-refractivity contribution in [3.05, 3.63) is 0 Å². The van der Waals surface area contributed by atoms with Gasteiger partial charge in [0.1, 0.15) is 6.10 Å². The minimum Gasteiger partial charge on any atom is -0.467 e. The molecule has 0 amide bonds. The first-order chi connectivity index (χ1) is 10.2. The van der Waals surface area contributed by atoms with E-state index in [4.69, 9.17) is 18.9 Å². The topological polar surface area (TPSA) is 114 Å². The largest absolute Gasteiger partial charge is 0.467 e. The van der Waals surface area contributed by atoms with Crippen LogP contribution in [-0.2, 0) is 42.9 Å². The van der Waals surface area contributed by atoms with Crippen LogP contribution in [0.3, 0.4) is 0 Å². The van der Waals surface area contributed by atoms with Gasteiger partial charge in [-0.3, -0.25) is 14.4 Å². The van der Waals surface area contributed by atoms with Crippen LogP contribution in [-0.4, -0.2) is 55.6 Å². The Kier molecular flexibility index (Phi) is 6.29. The smallest absolute Gasteiger partial charge is 0.339 e. The Hall–Kier alpha value is -2.16. The third-order valence-electron chi connectivity index (χ3n) is 2.74. The molecule has 1 heterocycles. The van der Waals surface area contributed by atoms with E-state index in [1.165, 1.54) is 0 Å². The number of hydrogen-bond donors (Lipinski definition) is 0. The molecule has 0 aromatic heterocycles. The minimum absolute atomic E-state index is 0.0788. The number of rotatable bonds is 4. The Labute approximate surface area is 126 Å². The van der Waals surface area contributed by atoms with Gasteiger partial charge in [-0.05, 0) is 0 Å². The molecule has 1 fully saturated rings. The zero-order valence-corrected chi connectivity index (χ0v) is 12.7. The molecule has 1 rings (SSSR count).